The van der Waals surface area contributed by atoms with E-state index in [4.69, 9.17) is 5.73 Å². The van der Waals surface area contributed by atoms with Crippen LogP contribution in [0.2, 0.25) is 0 Å². The fraction of sp³-hybridized carbons (Fsp3) is 0.750. The molecule has 4 nitrogen and oxygen atoms in total. The number of aryl methyl sites for hydroxylation is 1. The van der Waals surface area contributed by atoms with Crippen LogP contribution in [-0.2, 0) is 6.54 Å². The Morgan fingerprint density at radius 3 is 2.47 bits per heavy atom. The number of rotatable bonds is 7. The highest BCUT2D eigenvalue weighted by Crippen LogP contribution is 2.25. The lowest BCUT2D eigenvalue weighted by Crippen LogP contribution is -2.26. The smallest absolute Gasteiger partial charge is 0.185 e. The van der Waals surface area contributed by atoms with Crippen LogP contribution in [0, 0.1) is 6.92 Å². The van der Waals surface area contributed by atoms with Crippen molar-refractivity contribution in [1.29, 1.82) is 0 Å². The lowest BCUT2D eigenvalue weighted by Gasteiger charge is -2.20. The number of anilines is 1. The number of hydrogen-bond acceptors (Lipinski definition) is 5. The van der Waals surface area contributed by atoms with Crippen LogP contribution in [0.3, 0.4) is 0 Å². The number of nitrogens with two attached hydrogens (primary N) is 1. The van der Waals surface area contributed by atoms with Crippen molar-refractivity contribution < 1.29 is 0 Å². The first-order valence-corrected chi connectivity index (χ1v) is 6.96. The maximum atomic E-state index is 5.69. The van der Waals surface area contributed by atoms with Gasteiger partial charge in [0.05, 0.1) is 5.69 Å². The van der Waals surface area contributed by atoms with Gasteiger partial charge in [-0.05, 0) is 40.9 Å². The second kappa shape index (κ2) is 6.93. The van der Waals surface area contributed by atoms with Crippen LogP contribution in [0.4, 0.5) is 5.13 Å². The first-order chi connectivity index (χ1) is 8.08. The predicted molar refractivity (Wildman–Crippen MR) is 75.8 cm³/mol. The molecule has 98 valence electrons. The van der Waals surface area contributed by atoms with Crippen molar-refractivity contribution in [3.05, 3.63) is 10.6 Å². The molecule has 1 aromatic heterocycles. The molecule has 2 N–H and O–H groups in total. The Morgan fingerprint density at radius 2 is 2.00 bits per heavy atom. The lowest BCUT2D eigenvalue weighted by atomic mass is 10.3. The van der Waals surface area contributed by atoms with Crippen molar-refractivity contribution in [1.82, 2.24) is 9.88 Å². The van der Waals surface area contributed by atoms with Crippen LogP contribution in [-0.4, -0.2) is 43.6 Å². The molecule has 17 heavy (non-hydrogen) atoms. The van der Waals surface area contributed by atoms with Gasteiger partial charge in [0.25, 0.3) is 0 Å². The zero-order valence-corrected chi connectivity index (χ0v) is 12.2. The summed E-state index contributed by atoms with van der Waals surface area (Å²) in [6.07, 6.45) is 1.16. The van der Waals surface area contributed by atoms with Gasteiger partial charge in [0, 0.05) is 24.5 Å². The summed E-state index contributed by atoms with van der Waals surface area (Å²) in [5.41, 5.74) is 6.77. The molecular formula is C12H24N4S. The van der Waals surface area contributed by atoms with Gasteiger partial charge in [-0.25, -0.2) is 4.98 Å². The highest BCUT2D eigenvalue weighted by Gasteiger charge is 2.11. The predicted octanol–water partition coefficient (Wildman–Crippen LogP) is 1.69. The molecule has 1 aromatic rings. The summed E-state index contributed by atoms with van der Waals surface area (Å²) in [7, 11) is 4.21. The van der Waals surface area contributed by atoms with E-state index < -0.39 is 0 Å². The quantitative estimate of drug-likeness (QED) is 0.806. The largest absolute Gasteiger partial charge is 0.348 e. The summed E-state index contributed by atoms with van der Waals surface area (Å²) in [6.45, 7) is 7.99. The number of thiazole rings is 1. The Morgan fingerprint density at radius 1 is 1.29 bits per heavy atom. The number of nitrogens with zero attached hydrogens (tertiary/aromatic N) is 3. The fourth-order valence-electron chi connectivity index (χ4n) is 1.70. The second-order valence-electron chi connectivity index (χ2n) is 4.45. The minimum absolute atomic E-state index is 0.596. The lowest BCUT2D eigenvalue weighted by molar-refractivity contribution is 0.400. The highest BCUT2D eigenvalue weighted by atomic mass is 32.1. The Hall–Kier alpha value is -0.650. The van der Waals surface area contributed by atoms with E-state index in [2.05, 4.69) is 35.8 Å². The van der Waals surface area contributed by atoms with Crippen molar-refractivity contribution >= 4 is 16.5 Å². The zero-order valence-electron chi connectivity index (χ0n) is 11.4. The van der Waals surface area contributed by atoms with E-state index in [0.717, 1.165) is 36.9 Å². The Balaban J connectivity index is 2.59. The van der Waals surface area contributed by atoms with Gasteiger partial charge in [-0.3, -0.25) is 0 Å². The van der Waals surface area contributed by atoms with Gasteiger partial charge in [-0.2, -0.15) is 0 Å². The summed E-state index contributed by atoms with van der Waals surface area (Å²) >= 11 is 1.73. The van der Waals surface area contributed by atoms with Gasteiger partial charge in [0.2, 0.25) is 0 Å². The molecule has 1 heterocycles. The molecular weight excluding hydrogens is 232 g/mol. The van der Waals surface area contributed by atoms with Crippen LogP contribution in [0.5, 0.6) is 0 Å². The van der Waals surface area contributed by atoms with Gasteiger partial charge in [0.15, 0.2) is 5.13 Å². The van der Waals surface area contributed by atoms with Crippen molar-refractivity contribution in [3.8, 4) is 0 Å². The number of hydrogen-bond donors (Lipinski definition) is 1. The van der Waals surface area contributed by atoms with Gasteiger partial charge < -0.3 is 15.5 Å². The Labute approximate surface area is 108 Å². The average Bonchev–Trinajstić information content (AvgIpc) is 2.65. The summed E-state index contributed by atoms with van der Waals surface area (Å²) in [5.74, 6) is 0. The molecule has 0 bridgehead atoms. The zero-order chi connectivity index (χ0) is 12.8. The Kier molecular flexibility index (Phi) is 5.88. The molecule has 0 radical (unpaired) electrons. The molecule has 0 fully saturated rings. The third kappa shape index (κ3) is 4.26. The minimum Gasteiger partial charge on any atom is -0.348 e. The summed E-state index contributed by atoms with van der Waals surface area (Å²) in [6, 6.07) is 0. The SMILES string of the molecule is CCN(CCCN(C)C)c1nc(C)c(CN)s1. The van der Waals surface area contributed by atoms with Gasteiger partial charge in [-0.15, -0.1) is 11.3 Å². The molecule has 0 saturated heterocycles. The molecule has 0 atom stereocenters. The molecule has 0 aliphatic heterocycles. The minimum atomic E-state index is 0.596. The van der Waals surface area contributed by atoms with Crippen molar-refractivity contribution in [2.75, 3.05) is 38.6 Å². The van der Waals surface area contributed by atoms with Gasteiger partial charge in [0.1, 0.15) is 0 Å². The molecule has 0 saturated carbocycles. The first kappa shape index (κ1) is 14.4. The van der Waals surface area contributed by atoms with E-state index in [1.165, 1.54) is 4.88 Å². The fourth-order valence-corrected chi connectivity index (χ4v) is 2.73. The molecule has 0 unspecified atom stereocenters. The van der Waals surface area contributed by atoms with E-state index >= 15 is 0 Å². The molecule has 0 aliphatic carbocycles. The van der Waals surface area contributed by atoms with Gasteiger partial charge in [-0.1, -0.05) is 0 Å². The molecule has 0 aromatic carbocycles. The normalized spacial score (nSPS) is 11.2. The van der Waals surface area contributed by atoms with Crippen LogP contribution in [0.25, 0.3) is 0 Å². The average molecular weight is 256 g/mol. The third-order valence-electron chi connectivity index (χ3n) is 2.75. The summed E-state index contributed by atoms with van der Waals surface area (Å²) in [4.78, 5) is 10.3. The van der Waals surface area contributed by atoms with Crippen LogP contribution >= 0.6 is 11.3 Å². The monoisotopic (exact) mass is 256 g/mol. The standard InChI is InChI=1S/C12H24N4S/c1-5-16(8-6-7-15(3)4)12-14-10(2)11(9-13)17-12/h5-9,13H2,1-4H3. The molecule has 0 amide bonds. The highest BCUT2D eigenvalue weighted by molar-refractivity contribution is 7.15. The first-order valence-electron chi connectivity index (χ1n) is 6.14. The topological polar surface area (TPSA) is 45.4 Å². The maximum absolute atomic E-state index is 5.69. The molecule has 1 rings (SSSR count). The number of aromatic nitrogens is 1. The second-order valence-corrected chi connectivity index (χ2v) is 5.51. The van der Waals surface area contributed by atoms with Gasteiger partial charge >= 0.3 is 0 Å². The molecule has 5 heteroatoms. The van der Waals surface area contributed by atoms with E-state index in [-0.39, 0.29) is 0 Å². The van der Waals surface area contributed by atoms with E-state index in [9.17, 15) is 0 Å². The molecule has 0 aliphatic rings. The van der Waals surface area contributed by atoms with Crippen LogP contribution < -0.4 is 10.6 Å². The van der Waals surface area contributed by atoms with Crippen LogP contribution in [0.1, 0.15) is 23.9 Å². The summed E-state index contributed by atoms with van der Waals surface area (Å²) in [5, 5.41) is 1.12. The summed E-state index contributed by atoms with van der Waals surface area (Å²) < 4.78 is 0. The Bertz CT molecular complexity index is 335. The van der Waals surface area contributed by atoms with Crippen molar-refractivity contribution in [2.45, 2.75) is 26.8 Å². The van der Waals surface area contributed by atoms with E-state index in [0.29, 0.717) is 6.54 Å². The van der Waals surface area contributed by atoms with E-state index in [1.54, 1.807) is 11.3 Å². The third-order valence-corrected chi connectivity index (χ3v) is 3.99. The molecule has 0 spiro atoms. The van der Waals surface area contributed by atoms with E-state index in [1.807, 2.05) is 6.92 Å². The van der Waals surface area contributed by atoms with Crippen molar-refractivity contribution in [3.63, 3.8) is 0 Å². The van der Waals surface area contributed by atoms with Crippen LogP contribution in [0.15, 0.2) is 0 Å². The maximum Gasteiger partial charge on any atom is 0.185 e. The van der Waals surface area contributed by atoms with Crippen molar-refractivity contribution in [2.24, 2.45) is 5.73 Å².